The Morgan fingerprint density at radius 2 is 2.32 bits per heavy atom. The van der Waals surface area contributed by atoms with Gasteiger partial charge in [0.25, 0.3) is 0 Å². The zero-order chi connectivity index (χ0) is 13.4. The molecule has 19 heavy (non-hydrogen) atoms. The van der Waals surface area contributed by atoms with Crippen molar-refractivity contribution in [2.45, 2.75) is 23.7 Å². The predicted octanol–water partition coefficient (Wildman–Crippen LogP) is -0.00900. The van der Waals surface area contributed by atoms with Gasteiger partial charge < -0.3 is 10.7 Å². The van der Waals surface area contributed by atoms with Crippen LogP contribution in [0.5, 0.6) is 0 Å². The number of rotatable bonds is 3. The van der Waals surface area contributed by atoms with Crippen LogP contribution in [-0.2, 0) is 6.54 Å². The molecule has 4 N–H and O–H groups in total. The maximum Gasteiger partial charge on any atom is 0.343 e. The van der Waals surface area contributed by atoms with Gasteiger partial charge >= 0.3 is 5.69 Å². The van der Waals surface area contributed by atoms with Gasteiger partial charge in [-0.1, -0.05) is 0 Å². The van der Waals surface area contributed by atoms with Crippen LogP contribution in [0.4, 0.5) is 5.95 Å². The highest BCUT2D eigenvalue weighted by Gasteiger charge is 2.14. The zero-order valence-electron chi connectivity index (χ0n) is 9.91. The van der Waals surface area contributed by atoms with Crippen LogP contribution in [0.2, 0.25) is 0 Å². The summed E-state index contributed by atoms with van der Waals surface area (Å²) in [6, 6.07) is 0. The van der Waals surface area contributed by atoms with Crippen LogP contribution in [-0.4, -0.2) is 34.7 Å². The van der Waals surface area contributed by atoms with Gasteiger partial charge in [0, 0.05) is 6.54 Å². The Labute approximate surface area is 110 Å². The van der Waals surface area contributed by atoms with Crippen LogP contribution in [0.15, 0.2) is 21.3 Å². The summed E-state index contributed by atoms with van der Waals surface area (Å²) in [5.74, 6) is 0.128. The second-order valence-corrected chi connectivity index (χ2v) is 4.60. The highest BCUT2D eigenvalue weighted by atomic mass is 32.2. The van der Waals surface area contributed by atoms with Crippen molar-refractivity contribution in [1.29, 1.82) is 0 Å². The van der Waals surface area contributed by atoms with E-state index >= 15 is 0 Å². The van der Waals surface area contributed by atoms with E-state index in [0.29, 0.717) is 27.9 Å². The van der Waals surface area contributed by atoms with Gasteiger partial charge in [-0.2, -0.15) is 4.98 Å². The first kappa shape index (κ1) is 11.7. The number of nitrogens with one attached hydrogen (secondary N) is 2. The Morgan fingerprint density at radius 1 is 1.47 bits per heavy atom. The van der Waals surface area contributed by atoms with E-state index in [2.05, 4.69) is 30.1 Å². The lowest BCUT2D eigenvalue weighted by atomic mass is 10.5. The number of hydrogen-bond donors (Lipinski definition) is 3. The molecule has 0 saturated heterocycles. The van der Waals surface area contributed by atoms with E-state index in [1.54, 1.807) is 0 Å². The lowest BCUT2D eigenvalue weighted by Crippen LogP contribution is -2.16. The van der Waals surface area contributed by atoms with Gasteiger partial charge in [-0.25, -0.2) is 19.9 Å². The molecule has 3 rings (SSSR count). The fraction of sp³-hybridized carbons (Fsp3) is 0.222. The number of aromatic nitrogens is 7. The van der Waals surface area contributed by atoms with Crippen molar-refractivity contribution >= 4 is 28.9 Å². The van der Waals surface area contributed by atoms with Crippen LogP contribution in [0, 0.1) is 0 Å². The van der Waals surface area contributed by atoms with E-state index in [0.717, 1.165) is 0 Å². The summed E-state index contributed by atoms with van der Waals surface area (Å²) >= 11 is 1.23. The lowest BCUT2D eigenvalue weighted by molar-refractivity contribution is 0.660. The third-order valence-corrected chi connectivity index (χ3v) is 3.48. The van der Waals surface area contributed by atoms with Gasteiger partial charge in [0.1, 0.15) is 10.5 Å². The number of hydrogen-bond acceptors (Lipinski definition) is 7. The van der Waals surface area contributed by atoms with E-state index < -0.39 is 0 Å². The average molecular weight is 278 g/mol. The number of imidazole rings is 1. The molecule has 9 nitrogen and oxygen atoms in total. The molecule has 0 aliphatic heterocycles. The quantitative estimate of drug-likeness (QED) is 0.574. The Balaban J connectivity index is 2.10. The van der Waals surface area contributed by atoms with Crippen LogP contribution in [0.1, 0.15) is 6.92 Å². The standard InChI is InChI=1S/C9H10N8OS/c1-2-17-8(18)15-16-9(17)19-6-4-5(12-3-11-4)13-7(10)14-6/h3H,2H2,1H3,(H,15,18)(H3,10,11,12,13,14). The molecule has 0 aromatic carbocycles. The molecule has 10 heteroatoms. The minimum Gasteiger partial charge on any atom is -0.368 e. The third-order valence-electron chi connectivity index (χ3n) is 2.50. The molecule has 0 bridgehead atoms. The molecule has 0 spiro atoms. The molecule has 0 unspecified atom stereocenters. The normalized spacial score (nSPS) is 11.2. The zero-order valence-corrected chi connectivity index (χ0v) is 10.7. The second kappa shape index (κ2) is 4.39. The lowest BCUT2D eigenvalue weighted by Gasteiger charge is -2.03. The topological polar surface area (TPSA) is 131 Å². The maximum atomic E-state index is 11.5. The van der Waals surface area contributed by atoms with Gasteiger partial charge in [-0.3, -0.25) is 4.57 Å². The van der Waals surface area contributed by atoms with Crippen molar-refractivity contribution in [2.24, 2.45) is 0 Å². The van der Waals surface area contributed by atoms with Crippen molar-refractivity contribution in [2.75, 3.05) is 5.73 Å². The SMILES string of the molecule is CCn1c(Sc2nc(N)nc3nc[nH]c23)n[nH]c1=O. The van der Waals surface area contributed by atoms with Crippen LogP contribution >= 0.6 is 11.8 Å². The van der Waals surface area contributed by atoms with E-state index in [1.165, 1.54) is 22.7 Å². The number of aromatic amines is 2. The number of nitrogens with zero attached hydrogens (tertiary/aromatic N) is 5. The Morgan fingerprint density at radius 3 is 3.11 bits per heavy atom. The molecule has 0 saturated carbocycles. The largest absolute Gasteiger partial charge is 0.368 e. The predicted molar refractivity (Wildman–Crippen MR) is 68.7 cm³/mol. The fourth-order valence-electron chi connectivity index (χ4n) is 1.64. The molecule has 3 heterocycles. The van der Waals surface area contributed by atoms with Crippen molar-refractivity contribution in [3.05, 3.63) is 16.8 Å². The smallest absolute Gasteiger partial charge is 0.343 e. The summed E-state index contributed by atoms with van der Waals surface area (Å²) in [6.07, 6.45) is 1.51. The van der Waals surface area contributed by atoms with Crippen LogP contribution < -0.4 is 11.4 Å². The first-order valence-corrected chi connectivity index (χ1v) is 6.30. The highest BCUT2D eigenvalue weighted by molar-refractivity contribution is 7.99. The van der Waals surface area contributed by atoms with Gasteiger partial charge in [-0.05, 0) is 18.7 Å². The number of fused-ring (bicyclic) bond motifs is 1. The average Bonchev–Trinajstić information content (AvgIpc) is 2.96. The Hall–Kier alpha value is -2.36. The van der Waals surface area contributed by atoms with Crippen molar-refractivity contribution in [3.63, 3.8) is 0 Å². The summed E-state index contributed by atoms with van der Waals surface area (Å²) in [7, 11) is 0. The van der Waals surface area contributed by atoms with Gasteiger partial charge in [0.15, 0.2) is 10.8 Å². The summed E-state index contributed by atoms with van der Waals surface area (Å²) in [5.41, 5.74) is 6.52. The molecule has 0 aliphatic rings. The van der Waals surface area contributed by atoms with E-state index in [-0.39, 0.29) is 11.6 Å². The minimum absolute atomic E-state index is 0.128. The fourth-order valence-corrected chi connectivity index (χ4v) is 2.62. The molecule has 0 radical (unpaired) electrons. The molecular formula is C9H10N8OS. The van der Waals surface area contributed by atoms with Gasteiger partial charge in [0.2, 0.25) is 5.95 Å². The second-order valence-electron chi connectivity index (χ2n) is 3.65. The summed E-state index contributed by atoms with van der Waals surface area (Å²) in [5, 5.41) is 7.45. The number of anilines is 1. The first-order valence-electron chi connectivity index (χ1n) is 5.48. The van der Waals surface area contributed by atoms with Gasteiger partial charge in [0.05, 0.1) is 6.33 Å². The molecule has 3 aromatic rings. The molecule has 0 amide bonds. The molecule has 3 aromatic heterocycles. The summed E-state index contributed by atoms with van der Waals surface area (Å²) in [6.45, 7) is 2.38. The number of H-pyrrole nitrogens is 2. The van der Waals surface area contributed by atoms with Crippen molar-refractivity contribution in [1.82, 2.24) is 34.7 Å². The minimum atomic E-state index is -0.257. The number of nitrogen functional groups attached to an aromatic ring is 1. The Bertz CT molecular complexity index is 787. The third kappa shape index (κ3) is 1.95. The maximum absolute atomic E-state index is 11.5. The molecule has 0 atom stereocenters. The highest BCUT2D eigenvalue weighted by Crippen LogP contribution is 2.28. The summed E-state index contributed by atoms with van der Waals surface area (Å²) in [4.78, 5) is 26.6. The molecule has 98 valence electrons. The van der Waals surface area contributed by atoms with Crippen LogP contribution in [0.25, 0.3) is 11.2 Å². The molecular weight excluding hydrogens is 268 g/mol. The summed E-state index contributed by atoms with van der Waals surface area (Å²) < 4.78 is 1.51. The Kier molecular flexibility index (Phi) is 2.71. The molecule has 0 aliphatic carbocycles. The van der Waals surface area contributed by atoms with Gasteiger partial charge in [-0.15, -0.1) is 5.10 Å². The van der Waals surface area contributed by atoms with Crippen molar-refractivity contribution < 1.29 is 0 Å². The van der Waals surface area contributed by atoms with E-state index in [1.807, 2.05) is 6.92 Å². The van der Waals surface area contributed by atoms with Crippen molar-refractivity contribution in [3.8, 4) is 0 Å². The van der Waals surface area contributed by atoms with Crippen LogP contribution in [0.3, 0.4) is 0 Å². The first-order chi connectivity index (χ1) is 9.19. The van der Waals surface area contributed by atoms with E-state index in [9.17, 15) is 4.79 Å². The van der Waals surface area contributed by atoms with E-state index in [4.69, 9.17) is 5.73 Å². The monoisotopic (exact) mass is 278 g/mol. The number of nitrogens with two attached hydrogens (primary N) is 1. The molecule has 0 fully saturated rings.